The van der Waals surface area contributed by atoms with Crippen molar-refractivity contribution < 1.29 is 0 Å². The van der Waals surface area contributed by atoms with Crippen molar-refractivity contribution in [3.8, 4) is 0 Å². The Morgan fingerprint density at radius 1 is 1.00 bits per heavy atom. The van der Waals surface area contributed by atoms with Crippen LogP contribution in [0.2, 0.25) is 0 Å². The first-order valence-corrected chi connectivity index (χ1v) is 12.5. The molecule has 1 aliphatic heterocycles. The number of hydrogen-bond donors (Lipinski definition) is 1. The zero-order chi connectivity index (χ0) is 23.1. The van der Waals surface area contributed by atoms with Gasteiger partial charge in [-0.1, -0.05) is 19.8 Å². The van der Waals surface area contributed by atoms with E-state index in [1.165, 1.54) is 36.9 Å². The molecule has 8 heteroatoms. The maximum atomic E-state index is 4.92. The van der Waals surface area contributed by atoms with Gasteiger partial charge in [0.2, 0.25) is 5.95 Å². The van der Waals surface area contributed by atoms with Crippen molar-refractivity contribution in [3.05, 3.63) is 42.5 Å². The lowest BCUT2D eigenvalue weighted by atomic mass is 10.2. The van der Waals surface area contributed by atoms with E-state index in [0.29, 0.717) is 12.0 Å². The van der Waals surface area contributed by atoms with Crippen LogP contribution in [0.15, 0.2) is 36.9 Å². The van der Waals surface area contributed by atoms with Crippen LogP contribution in [-0.2, 0) is 0 Å². The summed E-state index contributed by atoms with van der Waals surface area (Å²) in [6, 6.07) is 6.74. The number of likely N-dealkylation sites (N-methyl/N-ethyl adjacent to an activating group) is 1. The number of anilines is 3. The lowest BCUT2D eigenvalue weighted by molar-refractivity contribution is 0.271. The van der Waals surface area contributed by atoms with Gasteiger partial charge in [0, 0.05) is 43.8 Å². The molecule has 1 saturated carbocycles. The van der Waals surface area contributed by atoms with Crippen LogP contribution in [0, 0.1) is 6.92 Å². The van der Waals surface area contributed by atoms with Gasteiger partial charge in [-0.15, -0.1) is 0 Å². The topological polar surface area (TPSA) is 75.0 Å². The predicted octanol–water partition coefficient (Wildman–Crippen LogP) is 4.68. The van der Waals surface area contributed by atoms with E-state index in [-0.39, 0.29) is 0 Å². The number of piperazine rings is 1. The summed E-state index contributed by atoms with van der Waals surface area (Å²) >= 11 is 0. The van der Waals surface area contributed by atoms with Crippen LogP contribution in [0.5, 0.6) is 0 Å². The summed E-state index contributed by atoms with van der Waals surface area (Å²) < 4.78 is 2.33. The Hall–Kier alpha value is -3.26. The van der Waals surface area contributed by atoms with E-state index in [9.17, 15) is 0 Å². The molecule has 0 radical (unpaired) electrons. The van der Waals surface area contributed by atoms with Gasteiger partial charge in [-0.3, -0.25) is 0 Å². The van der Waals surface area contributed by atoms with Crippen LogP contribution in [0.4, 0.5) is 17.5 Å². The highest BCUT2D eigenvalue weighted by Gasteiger charge is 2.21. The van der Waals surface area contributed by atoms with Gasteiger partial charge in [0.1, 0.15) is 11.3 Å². The molecule has 8 nitrogen and oxygen atoms in total. The van der Waals surface area contributed by atoms with Crippen molar-refractivity contribution in [2.75, 3.05) is 42.9 Å². The van der Waals surface area contributed by atoms with Crippen LogP contribution >= 0.6 is 0 Å². The maximum absolute atomic E-state index is 4.92. The van der Waals surface area contributed by atoms with E-state index in [0.717, 1.165) is 60.5 Å². The van der Waals surface area contributed by atoms with E-state index >= 15 is 0 Å². The molecule has 176 valence electrons. The molecule has 1 aliphatic carbocycles. The second-order valence-electron chi connectivity index (χ2n) is 9.56. The zero-order valence-electron chi connectivity index (χ0n) is 20.0. The molecule has 0 atom stereocenters. The maximum Gasteiger partial charge on any atom is 0.228 e. The van der Waals surface area contributed by atoms with Gasteiger partial charge in [0.05, 0.1) is 29.2 Å². The van der Waals surface area contributed by atoms with Crippen molar-refractivity contribution in [2.24, 2.45) is 0 Å². The number of aromatic nitrogens is 5. The zero-order valence-corrected chi connectivity index (χ0v) is 20.0. The fourth-order valence-electron chi connectivity index (χ4n) is 5.50. The van der Waals surface area contributed by atoms with Crippen LogP contribution in [0.3, 0.4) is 0 Å². The van der Waals surface area contributed by atoms with Crippen molar-refractivity contribution in [1.29, 1.82) is 0 Å². The number of hydrogen-bond acceptors (Lipinski definition) is 7. The van der Waals surface area contributed by atoms with Crippen molar-refractivity contribution in [3.63, 3.8) is 0 Å². The van der Waals surface area contributed by atoms with Crippen molar-refractivity contribution >= 4 is 39.4 Å². The summed E-state index contributed by atoms with van der Waals surface area (Å²) in [6.45, 7) is 9.79. The largest absolute Gasteiger partial charge is 0.368 e. The highest BCUT2D eigenvalue weighted by molar-refractivity contribution is 6.02. The molecule has 34 heavy (non-hydrogen) atoms. The fraction of sp³-hybridized carbons (Fsp3) is 0.462. The minimum absolute atomic E-state index is 0.512. The predicted molar refractivity (Wildman–Crippen MR) is 137 cm³/mol. The molecule has 4 heterocycles. The first kappa shape index (κ1) is 21.3. The minimum atomic E-state index is 0.512. The Kier molecular flexibility index (Phi) is 5.53. The average molecular weight is 457 g/mol. The Bertz CT molecular complexity index is 1320. The van der Waals surface area contributed by atoms with E-state index in [2.05, 4.69) is 61.7 Å². The smallest absolute Gasteiger partial charge is 0.228 e. The van der Waals surface area contributed by atoms with Crippen molar-refractivity contribution in [1.82, 2.24) is 29.4 Å². The lowest BCUT2D eigenvalue weighted by Gasteiger charge is -2.36. The molecular weight excluding hydrogens is 424 g/mol. The van der Waals surface area contributed by atoms with E-state index < -0.39 is 0 Å². The third kappa shape index (κ3) is 3.86. The molecule has 1 saturated heterocycles. The number of imidazole rings is 1. The number of aryl methyl sites for hydroxylation is 1. The molecule has 0 spiro atoms. The van der Waals surface area contributed by atoms with E-state index in [1.807, 2.05) is 18.7 Å². The Balaban J connectivity index is 1.28. The van der Waals surface area contributed by atoms with Crippen LogP contribution in [0.1, 0.15) is 44.2 Å². The summed E-state index contributed by atoms with van der Waals surface area (Å²) in [6.07, 6.45) is 10.8. The highest BCUT2D eigenvalue weighted by atomic mass is 15.3. The van der Waals surface area contributed by atoms with E-state index in [4.69, 9.17) is 9.97 Å². The van der Waals surface area contributed by atoms with E-state index in [1.54, 1.807) is 0 Å². The second kappa shape index (κ2) is 8.83. The summed E-state index contributed by atoms with van der Waals surface area (Å²) in [5, 5.41) is 4.37. The monoisotopic (exact) mass is 456 g/mol. The molecule has 0 bridgehead atoms. The minimum Gasteiger partial charge on any atom is -0.368 e. The van der Waals surface area contributed by atoms with Crippen LogP contribution in [-0.4, -0.2) is 62.1 Å². The molecule has 1 N–H and O–H groups in total. The first-order valence-electron chi connectivity index (χ1n) is 12.5. The van der Waals surface area contributed by atoms with Gasteiger partial charge in [-0.2, -0.15) is 0 Å². The molecular formula is C26H32N8. The molecule has 0 amide bonds. The molecule has 1 aromatic carbocycles. The molecule has 6 rings (SSSR count). The lowest BCUT2D eigenvalue weighted by Crippen LogP contribution is -2.46. The number of fused-ring (bicyclic) bond motifs is 3. The molecule has 2 aliphatic rings. The molecule has 4 aromatic rings. The number of rotatable bonds is 5. The quantitative estimate of drug-likeness (QED) is 0.467. The number of pyridine rings is 1. The highest BCUT2D eigenvalue weighted by Crippen LogP contribution is 2.34. The summed E-state index contributed by atoms with van der Waals surface area (Å²) in [4.78, 5) is 23.8. The fourth-order valence-corrected chi connectivity index (χ4v) is 5.50. The number of nitrogens with one attached hydrogen (secondary N) is 1. The summed E-state index contributed by atoms with van der Waals surface area (Å²) in [5.41, 5.74) is 5.47. The summed E-state index contributed by atoms with van der Waals surface area (Å²) in [5.74, 6) is 1.33. The van der Waals surface area contributed by atoms with Crippen LogP contribution < -0.4 is 10.2 Å². The SMILES string of the molecule is CCN1CCN(c2cnc(Nc3ncc4ccc5ncn(C6CCCC6)c5c4n3)cc2C)CC1. The van der Waals surface area contributed by atoms with Gasteiger partial charge in [0.25, 0.3) is 0 Å². The van der Waals surface area contributed by atoms with Gasteiger partial charge in [-0.05, 0) is 50.1 Å². The standard InChI is InChI=1S/C26H32N8/c1-3-32-10-12-33(13-11-32)22-16-27-23(14-18(22)2)30-26-28-15-19-8-9-21-25(24(19)31-26)34(17-29-21)20-6-4-5-7-20/h8-9,14-17,20H,3-7,10-13H2,1-2H3,(H,27,28,30,31). The molecule has 3 aromatic heterocycles. The van der Waals surface area contributed by atoms with Crippen molar-refractivity contribution in [2.45, 2.75) is 45.6 Å². The number of benzene rings is 1. The van der Waals surface area contributed by atoms with Crippen LogP contribution in [0.25, 0.3) is 21.9 Å². The number of nitrogens with zero attached hydrogens (tertiary/aromatic N) is 7. The second-order valence-corrected chi connectivity index (χ2v) is 9.56. The Morgan fingerprint density at radius 3 is 2.59 bits per heavy atom. The Morgan fingerprint density at radius 2 is 1.82 bits per heavy atom. The normalized spacial score (nSPS) is 17.8. The van der Waals surface area contributed by atoms with Gasteiger partial charge >= 0.3 is 0 Å². The first-order chi connectivity index (χ1) is 16.7. The van der Waals surface area contributed by atoms with Gasteiger partial charge in [0.15, 0.2) is 0 Å². The molecule has 2 fully saturated rings. The molecule has 0 unspecified atom stereocenters. The summed E-state index contributed by atoms with van der Waals surface area (Å²) in [7, 11) is 0. The average Bonchev–Trinajstić information content (AvgIpc) is 3.54. The van der Waals surface area contributed by atoms with Gasteiger partial charge in [-0.25, -0.2) is 19.9 Å². The third-order valence-corrected chi connectivity index (χ3v) is 7.49. The Labute approximate surface area is 200 Å². The third-order valence-electron chi connectivity index (χ3n) is 7.49. The van der Waals surface area contributed by atoms with Gasteiger partial charge < -0.3 is 19.7 Å².